The molecule has 1 aliphatic carbocycles. The topological polar surface area (TPSA) is 78.6 Å². The highest BCUT2D eigenvalue weighted by Crippen LogP contribution is 2.26. The van der Waals surface area contributed by atoms with Gasteiger partial charge in [0.1, 0.15) is 5.78 Å². The van der Waals surface area contributed by atoms with Gasteiger partial charge in [-0.25, -0.2) is 0 Å². The SMILES string of the molecule is CC.CC(C)C(=O)C1CCCCC1.COCCCCOCCCC(N)=O. The summed E-state index contributed by atoms with van der Waals surface area (Å²) in [5, 5.41) is 0. The average molecular weight is 374 g/mol. The van der Waals surface area contributed by atoms with Gasteiger partial charge in [-0.1, -0.05) is 47.0 Å². The Morgan fingerprint density at radius 3 is 2.00 bits per heavy atom. The Balaban J connectivity index is 0. The van der Waals surface area contributed by atoms with Gasteiger partial charge >= 0.3 is 0 Å². The van der Waals surface area contributed by atoms with Crippen LogP contribution in [0.4, 0.5) is 0 Å². The van der Waals surface area contributed by atoms with Crippen LogP contribution in [0.1, 0.15) is 85.5 Å². The van der Waals surface area contributed by atoms with Crippen LogP contribution in [0.25, 0.3) is 0 Å². The zero-order valence-electron chi connectivity index (χ0n) is 17.9. The molecule has 0 spiro atoms. The molecule has 26 heavy (non-hydrogen) atoms. The second kappa shape index (κ2) is 20.4. The Labute approximate surface area is 161 Å². The lowest BCUT2D eigenvalue weighted by Gasteiger charge is -2.21. The summed E-state index contributed by atoms with van der Waals surface area (Å²) in [6.45, 7) is 10.2. The fraction of sp³-hybridized carbons (Fsp3) is 0.905. The fourth-order valence-corrected chi connectivity index (χ4v) is 2.76. The van der Waals surface area contributed by atoms with E-state index in [0.29, 0.717) is 24.7 Å². The second-order valence-corrected chi connectivity index (χ2v) is 6.77. The van der Waals surface area contributed by atoms with Gasteiger partial charge in [0, 0.05) is 45.2 Å². The Morgan fingerprint density at radius 1 is 0.962 bits per heavy atom. The molecule has 1 aliphatic rings. The summed E-state index contributed by atoms with van der Waals surface area (Å²) in [5.41, 5.74) is 4.96. The van der Waals surface area contributed by atoms with E-state index in [1.54, 1.807) is 7.11 Å². The average Bonchev–Trinajstić information content (AvgIpc) is 2.66. The molecule has 1 rings (SSSR count). The van der Waals surface area contributed by atoms with E-state index in [4.69, 9.17) is 15.2 Å². The van der Waals surface area contributed by atoms with Crippen LogP contribution in [0.5, 0.6) is 0 Å². The first-order valence-corrected chi connectivity index (χ1v) is 10.4. The molecule has 5 heteroatoms. The lowest BCUT2D eigenvalue weighted by molar-refractivity contribution is -0.126. The molecule has 0 aliphatic heterocycles. The van der Waals surface area contributed by atoms with Crippen molar-refractivity contribution < 1.29 is 19.1 Å². The molecule has 0 radical (unpaired) electrons. The van der Waals surface area contributed by atoms with Crippen LogP contribution in [0, 0.1) is 11.8 Å². The lowest BCUT2D eigenvalue weighted by atomic mass is 9.83. The van der Waals surface area contributed by atoms with Crippen LogP contribution in [0.15, 0.2) is 0 Å². The van der Waals surface area contributed by atoms with Crippen LogP contribution in [-0.4, -0.2) is 38.6 Å². The van der Waals surface area contributed by atoms with Crippen LogP contribution >= 0.6 is 0 Å². The number of unbranched alkanes of at least 4 members (excludes halogenated alkanes) is 1. The summed E-state index contributed by atoms with van der Waals surface area (Å²) in [7, 11) is 1.69. The van der Waals surface area contributed by atoms with E-state index in [9.17, 15) is 9.59 Å². The quantitative estimate of drug-likeness (QED) is 0.540. The molecule has 0 saturated heterocycles. The number of amides is 1. The third kappa shape index (κ3) is 17.9. The molecule has 0 aromatic rings. The van der Waals surface area contributed by atoms with Crippen molar-refractivity contribution >= 4 is 11.7 Å². The zero-order chi connectivity index (χ0) is 20.2. The van der Waals surface area contributed by atoms with Gasteiger partial charge < -0.3 is 15.2 Å². The van der Waals surface area contributed by atoms with Crippen molar-refractivity contribution in [3.63, 3.8) is 0 Å². The summed E-state index contributed by atoms with van der Waals surface area (Å²) in [4.78, 5) is 21.8. The minimum atomic E-state index is -0.261. The minimum Gasteiger partial charge on any atom is -0.385 e. The van der Waals surface area contributed by atoms with Gasteiger partial charge in [0.25, 0.3) is 0 Å². The van der Waals surface area contributed by atoms with Gasteiger partial charge in [-0.2, -0.15) is 0 Å². The monoisotopic (exact) mass is 373 g/mol. The largest absolute Gasteiger partial charge is 0.385 e. The number of ether oxygens (including phenoxy) is 2. The summed E-state index contributed by atoms with van der Waals surface area (Å²) in [6.07, 6.45) is 9.33. The molecule has 1 amide bonds. The van der Waals surface area contributed by atoms with Crippen molar-refractivity contribution in [3.05, 3.63) is 0 Å². The maximum Gasteiger partial charge on any atom is 0.217 e. The third-order valence-corrected chi connectivity index (χ3v) is 4.18. The van der Waals surface area contributed by atoms with Crippen LogP contribution < -0.4 is 5.73 Å². The molecule has 0 aromatic heterocycles. The van der Waals surface area contributed by atoms with E-state index < -0.39 is 0 Å². The van der Waals surface area contributed by atoms with Crippen molar-refractivity contribution in [3.8, 4) is 0 Å². The van der Waals surface area contributed by atoms with E-state index in [0.717, 1.165) is 45.3 Å². The maximum atomic E-state index is 11.5. The summed E-state index contributed by atoms with van der Waals surface area (Å²) in [5.74, 6) is 0.884. The number of nitrogens with two attached hydrogens (primary N) is 1. The normalized spacial score (nSPS) is 14.1. The number of primary amides is 1. The number of hydrogen-bond acceptors (Lipinski definition) is 4. The van der Waals surface area contributed by atoms with Crippen molar-refractivity contribution in [2.24, 2.45) is 17.6 Å². The highest BCUT2D eigenvalue weighted by atomic mass is 16.5. The van der Waals surface area contributed by atoms with E-state index >= 15 is 0 Å². The highest BCUT2D eigenvalue weighted by Gasteiger charge is 2.22. The summed E-state index contributed by atoms with van der Waals surface area (Å²) >= 11 is 0. The molecular formula is C21H43NO4. The molecule has 0 unspecified atom stereocenters. The van der Waals surface area contributed by atoms with E-state index in [-0.39, 0.29) is 11.8 Å². The van der Waals surface area contributed by atoms with Crippen LogP contribution in [-0.2, 0) is 19.1 Å². The molecule has 0 bridgehead atoms. The zero-order valence-corrected chi connectivity index (χ0v) is 17.9. The molecular weight excluding hydrogens is 330 g/mol. The van der Waals surface area contributed by atoms with Gasteiger partial charge in [-0.15, -0.1) is 0 Å². The Kier molecular flexibility index (Phi) is 21.4. The number of carbonyl (C=O) groups is 2. The second-order valence-electron chi connectivity index (χ2n) is 6.77. The molecule has 0 heterocycles. The van der Waals surface area contributed by atoms with Gasteiger partial charge in [-0.3, -0.25) is 9.59 Å². The van der Waals surface area contributed by atoms with E-state index in [2.05, 4.69) is 0 Å². The molecule has 5 nitrogen and oxygen atoms in total. The predicted molar refractivity (Wildman–Crippen MR) is 108 cm³/mol. The minimum absolute atomic E-state index is 0.248. The number of ketones is 1. The van der Waals surface area contributed by atoms with Gasteiger partial charge in [-0.05, 0) is 32.1 Å². The third-order valence-electron chi connectivity index (χ3n) is 4.18. The first kappa shape index (κ1) is 27.3. The number of Topliss-reactive ketones (excluding diaryl/α,β-unsaturated/α-hetero) is 1. The Bertz CT molecular complexity index is 326. The molecule has 2 N–H and O–H groups in total. The maximum absolute atomic E-state index is 11.5. The molecule has 1 saturated carbocycles. The Hall–Kier alpha value is -0.940. The summed E-state index contributed by atoms with van der Waals surface area (Å²) in [6, 6.07) is 0. The molecule has 156 valence electrons. The number of hydrogen-bond donors (Lipinski definition) is 1. The predicted octanol–water partition coefficient (Wildman–Crippen LogP) is 4.51. The van der Waals surface area contributed by atoms with Crippen molar-refractivity contribution in [2.45, 2.75) is 85.5 Å². The Morgan fingerprint density at radius 2 is 1.50 bits per heavy atom. The summed E-state index contributed by atoms with van der Waals surface area (Å²) < 4.78 is 10.2. The first-order chi connectivity index (χ1) is 12.5. The smallest absolute Gasteiger partial charge is 0.217 e. The van der Waals surface area contributed by atoms with Gasteiger partial charge in [0.15, 0.2) is 0 Å². The van der Waals surface area contributed by atoms with Gasteiger partial charge in [0.05, 0.1) is 0 Å². The van der Waals surface area contributed by atoms with Gasteiger partial charge in [0.2, 0.25) is 5.91 Å². The highest BCUT2D eigenvalue weighted by molar-refractivity contribution is 5.82. The number of carbonyl (C=O) groups excluding carboxylic acids is 2. The molecule has 0 aromatic carbocycles. The fourth-order valence-electron chi connectivity index (χ4n) is 2.76. The van der Waals surface area contributed by atoms with E-state index in [1.807, 2.05) is 27.7 Å². The standard InChI is InChI=1S/C10H18O.C9H19NO3.C2H6/c1-8(2)10(11)9-6-4-3-5-7-9;1-12-6-2-3-7-13-8-4-5-9(10)11;1-2/h8-9H,3-7H2,1-2H3;2-8H2,1H3,(H2,10,11);1-2H3. The number of rotatable bonds is 11. The van der Waals surface area contributed by atoms with Crippen molar-refractivity contribution in [1.29, 1.82) is 0 Å². The molecule has 1 fully saturated rings. The van der Waals surface area contributed by atoms with Crippen molar-refractivity contribution in [2.75, 3.05) is 26.9 Å². The lowest BCUT2D eigenvalue weighted by Crippen LogP contribution is -2.21. The first-order valence-electron chi connectivity index (χ1n) is 10.4. The molecule has 0 atom stereocenters. The van der Waals surface area contributed by atoms with Crippen molar-refractivity contribution in [1.82, 2.24) is 0 Å². The van der Waals surface area contributed by atoms with Crippen LogP contribution in [0.3, 0.4) is 0 Å². The van der Waals surface area contributed by atoms with E-state index in [1.165, 1.54) is 19.3 Å². The van der Waals surface area contributed by atoms with Crippen LogP contribution in [0.2, 0.25) is 0 Å². The number of methoxy groups -OCH3 is 1.